The van der Waals surface area contributed by atoms with Crippen LogP contribution in [0.5, 0.6) is 0 Å². The molecule has 0 saturated carbocycles. The van der Waals surface area contributed by atoms with Gasteiger partial charge in [-0.1, -0.05) is 0 Å². The summed E-state index contributed by atoms with van der Waals surface area (Å²) >= 11 is 1.60. The number of hydrogen-bond acceptors (Lipinski definition) is 4. The third-order valence-electron chi connectivity index (χ3n) is 5.43. The van der Waals surface area contributed by atoms with Crippen molar-refractivity contribution in [1.82, 2.24) is 19.4 Å². The van der Waals surface area contributed by atoms with Crippen LogP contribution in [0.2, 0.25) is 0 Å². The van der Waals surface area contributed by atoms with E-state index in [1.165, 1.54) is 6.07 Å². The van der Waals surface area contributed by atoms with Gasteiger partial charge in [0.1, 0.15) is 0 Å². The van der Waals surface area contributed by atoms with Gasteiger partial charge in [-0.3, -0.25) is 4.79 Å². The summed E-state index contributed by atoms with van der Waals surface area (Å²) in [7, 11) is 0. The van der Waals surface area contributed by atoms with Crippen LogP contribution in [0.25, 0.3) is 11.0 Å². The van der Waals surface area contributed by atoms with Crippen molar-refractivity contribution in [3.63, 3.8) is 0 Å². The maximum absolute atomic E-state index is 12.9. The van der Waals surface area contributed by atoms with Crippen LogP contribution in [0, 0.1) is 13.8 Å². The van der Waals surface area contributed by atoms with E-state index < -0.39 is 11.7 Å². The molecule has 0 bridgehead atoms. The lowest BCUT2D eigenvalue weighted by molar-refractivity contribution is -0.137. The fraction of sp³-hybridized carbons (Fsp3) is 0.450. The average molecular weight is 422 g/mol. The van der Waals surface area contributed by atoms with Gasteiger partial charge in [-0.2, -0.15) is 13.2 Å². The summed E-state index contributed by atoms with van der Waals surface area (Å²) in [6, 6.07) is 3.78. The highest BCUT2D eigenvalue weighted by Gasteiger charge is 2.31. The van der Waals surface area contributed by atoms with Crippen molar-refractivity contribution in [1.29, 1.82) is 0 Å². The average Bonchev–Trinajstić information content (AvgIpc) is 3.23. The Hall–Kier alpha value is -2.42. The summed E-state index contributed by atoms with van der Waals surface area (Å²) in [4.78, 5) is 24.2. The second kappa shape index (κ2) is 7.44. The predicted molar refractivity (Wildman–Crippen MR) is 105 cm³/mol. The Morgan fingerprint density at radius 2 is 1.97 bits per heavy atom. The maximum Gasteiger partial charge on any atom is 0.416 e. The lowest BCUT2D eigenvalue weighted by Crippen LogP contribution is -2.39. The molecule has 1 aliphatic rings. The third-order valence-corrected chi connectivity index (χ3v) is 6.36. The van der Waals surface area contributed by atoms with Crippen LogP contribution in [0.15, 0.2) is 24.5 Å². The molecule has 0 N–H and O–H groups in total. The second-order valence-electron chi connectivity index (χ2n) is 7.38. The van der Waals surface area contributed by atoms with E-state index in [0.29, 0.717) is 30.5 Å². The van der Waals surface area contributed by atoms with E-state index in [2.05, 4.69) is 9.97 Å². The summed E-state index contributed by atoms with van der Waals surface area (Å²) < 4.78 is 40.6. The van der Waals surface area contributed by atoms with Crippen molar-refractivity contribution in [3.8, 4) is 0 Å². The number of rotatable bonds is 3. The van der Waals surface area contributed by atoms with Gasteiger partial charge in [-0.05, 0) is 44.9 Å². The molecule has 0 unspecified atom stereocenters. The first kappa shape index (κ1) is 19.9. The number of hydrogen-bond donors (Lipinski definition) is 0. The zero-order valence-electron chi connectivity index (χ0n) is 16.2. The number of carbonyl (C=O) groups is 1. The van der Waals surface area contributed by atoms with Crippen molar-refractivity contribution in [2.45, 2.75) is 45.3 Å². The van der Waals surface area contributed by atoms with Gasteiger partial charge in [0.2, 0.25) is 5.91 Å². The van der Waals surface area contributed by atoms with Gasteiger partial charge in [0.05, 0.1) is 40.0 Å². The molecular formula is C20H21F3N4OS. The van der Waals surface area contributed by atoms with Gasteiger partial charge in [-0.15, -0.1) is 11.3 Å². The molecule has 2 aromatic heterocycles. The number of imidazole rings is 1. The molecule has 3 heterocycles. The molecule has 0 radical (unpaired) electrons. The van der Waals surface area contributed by atoms with Crippen LogP contribution < -0.4 is 0 Å². The molecule has 1 fully saturated rings. The van der Waals surface area contributed by atoms with Crippen LogP contribution in [0.3, 0.4) is 0 Å². The molecule has 3 aromatic rings. The molecule has 0 aliphatic carbocycles. The van der Waals surface area contributed by atoms with E-state index >= 15 is 0 Å². The van der Waals surface area contributed by atoms with Crippen molar-refractivity contribution in [2.75, 3.05) is 13.1 Å². The van der Waals surface area contributed by atoms with Gasteiger partial charge in [0.25, 0.3) is 0 Å². The highest BCUT2D eigenvalue weighted by Crippen LogP contribution is 2.33. The minimum atomic E-state index is -4.38. The van der Waals surface area contributed by atoms with E-state index in [-0.39, 0.29) is 11.9 Å². The fourth-order valence-corrected chi connectivity index (χ4v) is 4.72. The minimum absolute atomic E-state index is 0.0714. The smallest absolute Gasteiger partial charge is 0.342 e. The Morgan fingerprint density at radius 3 is 2.59 bits per heavy atom. The highest BCUT2D eigenvalue weighted by atomic mass is 32.1. The van der Waals surface area contributed by atoms with Crippen LogP contribution in [0.4, 0.5) is 13.2 Å². The molecule has 1 amide bonds. The third kappa shape index (κ3) is 4.01. The van der Waals surface area contributed by atoms with E-state index in [9.17, 15) is 18.0 Å². The Morgan fingerprint density at radius 1 is 1.24 bits per heavy atom. The number of aryl methyl sites for hydroxylation is 2. The molecular weight excluding hydrogens is 401 g/mol. The molecule has 5 nitrogen and oxygen atoms in total. The van der Waals surface area contributed by atoms with Gasteiger partial charge in [0, 0.05) is 24.0 Å². The molecule has 0 spiro atoms. The molecule has 1 aliphatic heterocycles. The number of carbonyl (C=O) groups excluding carboxylic acids is 1. The van der Waals surface area contributed by atoms with Crippen molar-refractivity contribution in [3.05, 3.63) is 45.7 Å². The molecule has 9 heteroatoms. The topological polar surface area (TPSA) is 51.0 Å². The minimum Gasteiger partial charge on any atom is -0.342 e. The standard InChI is InChI=1S/C20H21F3N4OS/c1-12-16(25-13(2)29-12)10-19(28)26-7-5-15(6-8-26)27-11-24-17-9-14(20(21,22)23)3-4-18(17)27/h3-4,9,11,15H,5-8,10H2,1-2H3. The molecule has 4 rings (SSSR count). The predicted octanol–water partition coefficient (Wildman–Crippen LogP) is 4.53. The van der Waals surface area contributed by atoms with Gasteiger partial charge in [-0.25, -0.2) is 9.97 Å². The molecule has 1 saturated heterocycles. The van der Waals surface area contributed by atoms with Crippen molar-refractivity contribution in [2.24, 2.45) is 0 Å². The van der Waals surface area contributed by atoms with E-state index in [0.717, 1.165) is 40.6 Å². The van der Waals surface area contributed by atoms with Crippen LogP contribution >= 0.6 is 11.3 Å². The number of likely N-dealkylation sites (tertiary alicyclic amines) is 1. The van der Waals surface area contributed by atoms with Crippen LogP contribution in [-0.2, 0) is 17.4 Å². The lowest BCUT2D eigenvalue weighted by Gasteiger charge is -2.33. The Bertz CT molecular complexity index is 1050. The monoisotopic (exact) mass is 422 g/mol. The van der Waals surface area contributed by atoms with Gasteiger partial charge < -0.3 is 9.47 Å². The number of amides is 1. The number of halogens is 3. The first-order valence-corrected chi connectivity index (χ1v) is 10.3. The van der Waals surface area contributed by atoms with Crippen molar-refractivity contribution < 1.29 is 18.0 Å². The van der Waals surface area contributed by atoms with Crippen LogP contribution in [-0.4, -0.2) is 38.4 Å². The Labute approximate surface area is 170 Å². The molecule has 0 atom stereocenters. The largest absolute Gasteiger partial charge is 0.416 e. The van der Waals surface area contributed by atoms with Crippen LogP contribution in [0.1, 0.15) is 40.0 Å². The normalized spacial score (nSPS) is 16.0. The lowest BCUT2D eigenvalue weighted by atomic mass is 10.0. The molecule has 1 aromatic carbocycles. The zero-order chi connectivity index (χ0) is 20.8. The Balaban J connectivity index is 1.43. The number of thiazole rings is 1. The summed E-state index contributed by atoms with van der Waals surface area (Å²) in [5.74, 6) is 0.0714. The highest BCUT2D eigenvalue weighted by molar-refractivity contribution is 7.11. The summed E-state index contributed by atoms with van der Waals surface area (Å²) in [5, 5.41) is 0.963. The van der Waals surface area contributed by atoms with E-state index in [1.807, 2.05) is 23.3 Å². The zero-order valence-corrected chi connectivity index (χ0v) is 17.0. The number of piperidine rings is 1. The van der Waals surface area contributed by atoms with Gasteiger partial charge in [0.15, 0.2) is 0 Å². The summed E-state index contributed by atoms with van der Waals surface area (Å²) in [5.41, 5.74) is 1.19. The number of alkyl halides is 3. The number of benzene rings is 1. The van der Waals surface area contributed by atoms with E-state index in [1.54, 1.807) is 17.7 Å². The van der Waals surface area contributed by atoms with Crippen molar-refractivity contribution >= 4 is 28.3 Å². The quantitative estimate of drug-likeness (QED) is 0.623. The molecule has 29 heavy (non-hydrogen) atoms. The van der Waals surface area contributed by atoms with Gasteiger partial charge >= 0.3 is 6.18 Å². The fourth-order valence-electron chi connectivity index (χ4n) is 3.88. The molecule has 154 valence electrons. The SMILES string of the molecule is Cc1nc(CC(=O)N2CCC(n3cnc4cc(C(F)(F)F)ccc43)CC2)c(C)s1. The second-order valence-corrected chi connectivity index (χ2v) is 8.78. The first-order valence-electron chi connectivity index (χ1n) is 9.47. The maximum atomic E-state index is 12.9. The number of fused-ring (bicyclic) bond motifs is 1. The Kier molecular flexibility index (Phi) is 5.10. The number of aromatic nitrogens is 3. The summed E-state index contributed by atoms with van der Waals surface area (Å²) in [6.07, 6.45) is -0.970. The number of nitrogens with zero attached hydrogens (tertiary/aromatic N) is 4. The van der Waals surface area contributed by atoms with E-state index in [4.69, 9.17) is 0 Å². The first-order chi connectivity index (χ1) is 13.7. The summed E-state index contributed by atoms with van der Waals surface area (Å²) in [6.45, 7) is 5.15.